The number of aromatic nitrogens is 3. The van der Waals surface area contributed by atoms with Gasteiger partial charge in [-0.05, 0) is 50.8 Å². The standard InChI is InChI=1S/C27H28FN7O5/c1-15(2)35-22-6-5-17(9-19(22)25(37)34(27(35)39)13-16-3-4-16)32-26(38)33-7-8-40-23(14-33)24(36)31-18-10-20(28)21(11-29)30-12-18/h5-6,9-10,12,15-16,23H,3-4,7-8,13-14H2,1-2H3,(H,31,36)(H,32,38). The average molecular weight is 550 g/mol. The van der Waals surface area contributed by atoms with Crippen molar-refractivity contribution in [2.45, 2.75) is 45.4 Å². The molecule has 1 saturated heterocycles. The van der Waals surface area contributed by atoms with Crippen LogP contribution in [0.15, 0.2) is 40.1 Å². The van der Waals surface area contributed by atoms with Gasteiger partial charge in [-0.3, -0.25) is 18.7 Å². The van der Waals surface area contributed by atoms with Crippen molar-refractivity contribution in [3.63, 3.8) is 0 Å². The summed E-state index contributed by atoms with van der Waals surface area (Å²) in [5.74, 6) is -1.15. The zero-order chi connectivity index (χ0) is 28.6. The first kappa shape index (κ1) is 27.0. The van der Waals surface area contributed by atoms with Gasteiger partial charge in [-0.1, -0.05) is 0 Å². The zero-order valence-electron chi connectivity index (χ0n) is 22.0. The largest absolute Gasteiger partial charge is 0.365 e. The second-order valence-electron chi connectivity index (χ2n) is 10.2. The van der Waals surface area contributed by atoms with E-state index in [9.17, 15) is 23.6 Å². The number of hydrogen-bond donors (Lipinski definition) is 2. The van der Waals surface area contributed by atoms with Crippen LogP contribution in [0.5, 0.6) is 0 Å². The van der Waals surface area contributed by atoms with Gasteiger partial charge in [0, 0.05) is 30.9 Å². The predicted molar refractivity (Wildman–Crippen MR) is 143 cm³/mol. The molecule has 40 heavy (non-hydrogen) atoms. The van der Waals surface area contributed by atoms with Crippen LogP contribution in [0, 0.1) is 23.1 Å². The SMILES string of the molecule is CC(C)n1c(=O)n(CC2CC2)c(=O)c2cc(NC(=O)N3CCOC(C(=O)Nc4cnc(C#N)c(F)c4)C3)ccc21. The minimum atomic E-state index is -1.02. The molecule has 3 aromatic rings. The summed E-state index contributed by atoms with van der Waals surface area (Å²) in [5.41, 5.74) is -0.210. The van der Waals surface area contributed by atoms with Crippen LogP contribution in [-0.2, 0) is 16.1 Å². The monoisotopic (exact) mass is 549 g/mol. The molecule has 0 spiro atoms. The number of carbonyl (C=O) groups excluding carboxylic acids is 2. The Balaban J connectivity index is 1.32. The maximum Gasteiger partial charge on any atom is 0.331 e. The maximum atomic E-state index is 13.8. The fourth-order valence-corrected chi connectivity index (χ4v) is 4.69. The van der Waals surface area contributed by atoms with Gasteiger partial charge < -0.3 is 20.3 Å². The van der Waals surface area contributed by atoms with E-state index in [4.69, 9.17) is 10.00 Å². The Morgan fingerprint density at radius 2 is 1.98 bits per heavy atom. The Morgan fingerprint density at radius 3 is 2.65 bits per heavy atom. The van der Waals surface area contributed by atoms with Gasteiger partial charge in [0.2, 0.25) is 0 Å². The summed E-state index contributed by atoms with van der Waals surface area (Å²) in [6.45, 7) is 4.37. The molecular formula is C27H28FN7O5. The van der Waals surface area contributed by atoms with Crippen LogP contribution >= 0.6 is 0 Å². The first-order chi connectivity index (χ1) is 19.2. The lowest BCUT2D eigenvalue weighted by Gasteiger charge is -2.32. The lowest BCUT2D eigenvalue weighted by atomic mass is 10.2. The lowest BCUT2D eigenvalue weighted by molar-refractivity contribution is -0.131. The second-order valence-corrected chi connectivity index (χ2v) is 10.2. The van der Waals surface area contributed by atoms with Crippen molar-refractivity contribution in [3.8, 4) is 6.07 Å². The van der Waals surface area contributed by atoms with Crippen molar-refractivity contribution in [3.05, 3.63) is 62.8 Å². The third kappa shape index (κ3) is 5.43. The molecule has 2 fully saturated rings. The van der Waals surface area contributed by atoms with Crippen LogP contribution in [0.2, 0.25) is 0 Å². The van der Waals surface area contributed by atoms with Crippen molar-refractivity contribution >= 4 is 34.2 Å². The van der Waals surface area contributed by atoms with E-state index in [1.54, 1.807) is 28.8 Å². The summed E-state index contributed by atoms with van der Waals surface area (Å²) in [4.78, 5) is 57.2. The number of fused-ring (bicyclic) bond motifs is 1. The molecule has 1 saturated carbocycles. The van der Waals surface area contributed by atoms with E-state index in [0.717, 1.165) is 25.1 Å². The average Bonchev–Trinajstić information content (AvgIpc) is 3.76. The molecule has 3 heterocycles. The van der Waals surface area contributed by atoms with Crippen LogP contribution in [0.4, 0.5) is 20.6 Å². The molecule has 12 nitrogen and oxygen atoms in total. The van der Waals surface area contributed by atoms with Crippen LogP contribution in [0.3, 0.4) is 0 Å². The van der Waals surface area contributed by atoms with Gasteiger partial charge in [0.15, 0.2) is 17.6 Å². The minimum absolute atomic E-state index is 0.0510. The summed E-state index contributed by atoms with van der Waals surface area (Å²) < 4.78 is 22.2. The van der Waals surface area contributed by atoms with Gasteiger partial charge in [0.25, 0.3) is 11.5 Å². The summed E-state index contributed by atoms with van der Waals surface area (Å²) in [7, 11) is 0. The number of amides is 3. The third-order valence-corrected chi connectivity index (χ3v) is 6.93. The summed E-state index contributed by atoms with van der Waals surface area (Å²) >= 11 is 0. The number of morpholine rings is 1. The van der Waals surface area contributed by atoms with E-state index >= 15 is 0 Å². The first-order valence-corrected chi connectivity index (χ1v) is 13.0. The number of ether oxygens (including phenoxy) is 1. The number of nitriles is 1. The number of nitrogens with zero attached hydrogens (tertiary/aromatic N) is 5. The molecule has 1 aliphatic heterocycles. The van der Waals surface area contributed by atoms with Crippen LogP contribution < -0.4 is 21.9 Å². The fraction of sp³-hybridized carbons (Fsp3) is 0.407. The number of halogens is 1. The normalized spacial score (nSPS) is 17.1. The summed E-state index contributed by atoms with van der Waals surface area (Å²) in [6.07, 6.45) is 2.11. The molecule has 3 amide bonds. The summed E-state index contributed by atoms with van der Waals surface area (Å²) in [5, 5.41) is 14.4. The molecule has 2 aromatic heterocycles. The number of nitrogens with one attached hydrogen (secondary N) is 2. The van der Waals surface area contributed by atoms with Crippen LogP contribution in [0.1, 0.15) is 38.4 Å². The zero-order valence-corrected chi connectivity index (χ0v) is 22.0. The number of rotatable bonds is 6. The maximum absolute atomic E-state index is 13.8. The van der Waals surface area contributed by atoms with Gasteiger partial charge in [-0.15, -0.1) is 0 Å². The van der Waals surface area contributed by atoms with Crippen molar-refractivity contribution < 1.29 is 18.7 Å². The van der Waals surface area contributed by atoms with E-state index in [1.165, 1.54) is 9.47 Å². The number of pyridine rings is 1. The highest BCUT2D eigenvalue weighted by atomic mass is 19.1. The van der Waals surface area contributed by atoms with Gasteiger partial charge in [0.05, 0.1) is 35.9 Å². The first-order valence-electron chi connectivity index (χ1n) is 13.0. The van der Waals surface area contributed by atoms with Gasteiger partial charge in [-0.2, -0.15) is 5.26 Å². The Hall–Kier alpha value is -4.57. The Morgan fingerprint density at radius 1 is 1.20 bits per heavy atom. The highest BCUT2D eigenvalue weighted by Crippen LogP contribution is 2.30. The van der Waals surface area contributed by atoms with E-state index in [1.807, 2.05) is 13.8 Å². The van der Waals surface area contributed by atoms with Gasteiger partial charge >= 0.3 is 11.7 Å². The van der Waals surface area contributed by atoms with Crippen molar-refractivity contribution in [2.24, 2.45) is 5.92 Å². The molecule has 1 aromatic carbocycles. The smallest absolute Gasteiger partial charge is 0.331 e. The Bertz CT molecular complexity index is 1650. The molecule has 1 unspecified atom stereocenters. The molecule has 2 N–H and O–H groups in total. The highest BCUT2D eigenvalue weighted by molar-refractivity contribution is 5.96. The Kier molecular flexibility index (Phi) is 7.36. The molecular weight excluding hydrogens is 521 g/mol. The number of anilines is 2. The second kappa shape index (κ2) is 10.9. The molecule has 0 radical (unpaired) electrons. The molecule has 2 aliphatic rings. The molecule has 13 heteroatoms. The van der Waals surface area contributed by atoms with Crippen LogP contribution in [0.25, 0.3) is 10.9 Å². The lowest BCUT2D eigenvalue weighted by Crippen LogP contribution is -2.51. The van der Waals surface area contributed by atoms with Gasteiger partial charge in [0.1, 0.15) is 6.07 Å². The molecule has 208 valence electrons. The van der Waals surface area contributed by atoms with E-state index in [-0.39, 0.29) is 37.1 Å². The van der Waals surface area contributed by atoms with Crippen molar-refractivity contribution in [1.82, 2.24) is 19.0 Å². The number of benzene rings is 1. The van der Waals surface area contributed by atoms with Gasteiger partial charge in [-0.25, -0.2) is 19.0 Å². The predicted octanol–water partition coefficient (Wildman–Crippen LogP) is 2.43. The quantitative estimate of drug-likeness (QED) is 0.479. The molecule has 1 aliphatic carbocycles. The van der Waals surface area contributed by atoms with E-state index < -0.39 is 35.1 Å². The summed E-state index contributed by atoms with van der Waals surface area (Å²) in [6, 6.07) is 6.75. The van der Waals surface area contributed by atoms with Crippen LogP contribution in [-0.4, -0.2) is 56.8 Å². The minimum Gasteiger partial charge on any atom is -0.365 e. The van der Waals surface area contributed by atoms with E-state index in [0.29, 0.717) is 29.1 Å². The number of carbonyl (C=O) groups is 2. The third-order valence-electron chi connectivity index (χ3n) is 6.93. The van der Waals surface area contributed by atoms with E-state index in [2.05, 4.69) is 15.6 Å². The highest BCUT2D eigenvalue weighted by Gasteiger charge is 2.30. The topological polar surface area (TPSA) is 151 Å². The fourth-order valence-electron chi connectivity index (χ4n) is 4.69. The Labute approximate surface area is 228 Å². The molecule has 0 bridgehead atoms. The number of urea groups is 1. The molecule has 5 rings (SSSR count). The van der Waals surface area contributed by atoms with Crippen molar-refractivity contribution in [2.75, 3.05) is 30.3 Å². The number of hydrogen-bond acceptors (Lipinski definition) is 7. The van der Waals surface area contributed by atoms with Crippen molar-refractivity contribution in [1.29, 1.82) is 5.26 Å². The molecule has 1 atom stereocenters.